The molecule has 0 bridgehead atoms. The summed E-state index contributed by atoms with van der Waals surface area (Å²) in [5.74, 6) is 0. The lowest BCUT2D eigenvalue weighted by Crippen LogP contribution is -2.14. The highest BCUT2D eigenvalue weighted by Gasteiger charge is 2.01. The highest BCUT2D eigenvalue weighted by atomic mass is 14.8. The molecule has 0 atom stereocenters. The number of aryl methyl sites for hydroxylation is 1. The molecule has 0 aliphatic rings. The van der Waals surface area contributed by atoms with Crippen LogP contribution < -0.4 is 5.32 Å². The SMILES string of the molecule is CCNCCCc1c[nH]c2ccccc12. The molecule has 2 N–H and O–H groups in total. The molecule has 1 aromatic carbocycles. The standard InChI is InChI=1S/C13H18N2/c1-2-14-9-5-6-11-10-15-13-8-4-3-7-12(11)13/h3-4,7-8,10,14-15H,2,5-6,9H2,1H3. The zero-order chi connectivity index (χ0) is 10.5. The summed E-state index contributed by atoms with van der Waals surface area (Å²) in [7, 11) is 0. The molecule has 0 radical (unpaired) electrons. The first-order valence-electron chi connectivity index (χ1n) is 5.67. The minimum atomic E-state index is 1.06. The molecule has 2 heteroatoms. The Morgan fingerprint density at radius 1 is 1.27 bits per heavy atom. The number of rotatable bonds is 5. The molecular formula is C13H18N2. The second kappa shape index (κ2) is 4.99. The van der Waals surface area contributed by atoms with Gasteiger partial charge in [0.25, 0.3) is 0 Å². The molecule has 80 valence electrons. The van der Waals surface area contributed by atoms with E-state index in [0.29, 0.717) is 0 Å². The monoisotopic (exact) mass is 202 g/mol. The molecule has 0 unspecified atom stereocenters. The summed E-state index contributed by atoms with van der Waals surface area (Å²) < 4.78 is 0. The van der Waals surface area contributed by atoms with E-state index < -0.39 is 0 Å². The molecule has 0 saturated carbocycles. The molecule has 1 aromatic heterocycles. The van der Waals surface area contributed by atoms with Crippen molar-refractivity contribution in [3.05, 3.63) is 36.0 Å². The number of hydrogen-bond donors (Lipinski definition) is 2. The zero-order valence-corrected chi connectivity index (χ0v) is 9.22. The van der Waals surface area contributed by atoms with Crippen molar-refractivity contribution in [2.24, 2.45) is 0 Å². The van der Waals surface area contributed by atoms with E-state index in [9.17, 15) is 0 Å². The maximum absolute atomic E-state index is 3.35. The van der Waals surface area contributed by atoms with Crippen molar-refractivity contribution < 1.29 is 0 Å². The van der Waals surface area contributed by atoms with Gasteiger partial charge in [0, 0.05) is 17.1 Å². The van der Waals surface area contributed by atoms with Gasteiger partial charge in [-0.2, -0.15) is 0 Å². The van der Waals surface area contributed by atoms with Crippen molar-refractivity contribution >= 4 is 10.9 Å². The van der Waals surface area contributed by atoms with Crippen LogP contribution in [0.25, 0.3) is 10.9 Å². The first-order valence-corrected chi connectivity index (χ1v) is 5.67. The van der Waals surface area contributed by atoms with E-state index in [2.05, 4.69) is 47.7 Å². The van der Waals surface area contributed by atoms with Crippen LogP contribution in [0.2, 0.25) is 0 Å². The molecule has 2 rings (SSSR count). The van der Waals surface area contributed by atoms with E-state index in [1.54, 1.807) is 0 Å². The van der Waals surface area contributed by atoms with Gasteiger partial charge in [-0.3, -0.25) is 0 Å². The van der Waals surface area contributed by atoms with Gasteiger partial charge in [0.15, 0.2) is 0 Å². The van der Waals surface area contributed by atoms with E-state index in [-0.39, 0.29) is 0 Å². The molecule has 1 heterocycles. The van der Waals surface area contributed by atoms with Gasteiger partial charge in [-0.25, -0.2) is 0 Å². The van der Waals surface area contributed by atoms with Gasteiger partial charge < -0.3 is 10.3 Å². The Labute approximate surface area is 90.7 Å². The predicted molar refractivity (Wildman–Crippen MR) is 65.2 cm³/mol. The van der Waals surface area contributed by atoms with Crippen LogP contribution in [0.3, 0.4) is 0 Å². The number of hydrogen-bond acceptors (Lipinski definition) is 1. The molecule has 2 aromatic rings. The van der Waals surface area contributed by atoms with Crippen molar-refractivity contribution in [1.82, 2.24) is 10.3 Å². The van der Waals surface area contributed by atoms with Crippen LogP contribution >= 0.6 is 0 Å². The third-order valence-electron chi connectivity index (χ3n) is 2.72. The molecule has 0 fully saturated rings. The lowest BCUT2D eigenvalue weighted by molar-refractivity contribution is 0.674. The lowest BCUT2D eigenvalue weighted by Gasteiger charge is -2.00. The van der Waals surface area contributed by atoms with E-state index in [0.717, 1.165) is 19.5 Å². The number of nitrogens with one attached hydrogen (secondary N) is 2. The Bertz CT molecular complexity index is 417. The Balaban J connectivity index is 2.02. The summed E-state index contributed by atoms with van der Waals surface area (Å²) in [4.78, 5) is 3.31. The summed E-state index contributed by atoms with van der Waals surface area (Å²) in [6.07, 6.45) is 4.49. The molecule has 0 aliphatic carbocycles. The highest BCUT2D eigenvalue weighted by molar-refractivity contribution is 5.82. The van der Waals surface area contributed by atoms with Crippen molar-refractivity contribution in [2.75, 3.05) is 13.1 Å². The van der Waals surface area contributed by atoms with Gasteiger partial charge in [-0.05, 0) is 37.6 Å². The van der Waals surface area contributed by atoms with E-state index in [4.69, 9.17) is 0 Å². The number of H-pyrrole nitrogens is 1. The van der Waals surface area contributed by atoms with Crippen LogP contribution in [-0.2, 0) is 6.42 Å². The fourth-order valence-corrected chi connectivity index (χ4v) is 1.92. The number of aromatic nitrogens is 1. The van der Waals surface area contributed by atoms with Crippen LogP contribution in [0.15, 0.2) is 30.5 Å². The van der Waals surface area contributed by atoms with Crippen LogP contribution in [0.1, 0.15) is 18.9 Å². The maximum Gasteiger partial charge on any atom is 0.0456 e. The average molecular weight is 202 g/mol. The van der Waals surface area contributed by atoms with Crippen LogP contribution in [-0.4, -0.2) is 18.1 Å². The quantitative estimate of drug-likeness (QED) is 0.717. The Morgan fingerprint density at radius 2 is 2.13 bits per heavy atom. The minimum Gasteiger partial charge on any atom is -0.361 e. The molecule has 2 nitrogen and oxygen atoms in total. The zero-order valence-electron chi connectivity index (χ0n) is 9.22. The van der Waals surface area contributed by atoms with Crippen LogP contribution in [0, 0.1) is 0 Å². The molecule has 0 aliphatic heterocycles. The first kappa shape index (κ1) is 10.2. The summed E-state index contributed by atoms with van der Waals surface area (Å²) >= 11 is 0. The summed E-state index contributed by atoms with van der Waals surface area (Å²) in [6, 6.07) is 8.49. The normalized spacial score (nSPS) is 11.0. The Kier molecular flexibility index (Phi) is 3.41. The summed E-state index contributed by atoms with van der Waals surface area (Å²) in [5.41, 5.74) is 2.68. The fraction of sp³-hybridized carbons (Fsp3) is 0.385. The summed E-state index contributed by atoms with van der Waals surface area (Å²) in [6.45, 7) is 4.32. The third kappa shape index (κ3) is 2.39. The summed E-state index contributed by atoms with van der Waals surface area (Å²) in [5, 5.41) is 4.72. The van der Waals surface area contributed by atoms with Crippen molar-refractivity contribution in [2.45, 2.75) is 19.8 Å². The van der Waals surface area contributed by atoms with Crippen molar-refractivity contribution in [3.8, 4) is 0 Å². The maximum atomic E-state index is 3.35. The average Bonchev–Trinajstić information content (AvgIpc) is 2.68. The number of aromatic amines is 1. The van der Waals surface area contributed by atoms with Gasteiger partial charge >= 0.3 is 0 Å². The lowest BCUT2D eigenvalue weighted by atomic mass is 10.1. The van der Waals surface area contributed by atoms with Crippen molar-refractivity contribution in [1.29, 1.82) is 0 Å². The third-order valence-corrected chi connectivity index (χ3v) is 2.72. The smallest absolute Gasteiger partial charge is 0.0456 e. The Morgan fingerprint density at radius 3 is 3.00 bits per heavy atom. The van der Waals surface area contributed by atoms with Gasteiger partial charge in [-0.1, -0.05) is 25.1 Å². The number of para-hydroxylation sites is 1. The van der Waals surface area contributed by atoms with E-state index in [1.807, 2.05) is 0 Å². The second-order valence-corrected chi connectivity index (χ2v) is 3.82. The van der Waals surface area contributed by atoms with Crippen molar-refractivity contribution in [3.63, 3.8) is 0 Å². The molecule has 0 spiro atoms. The predicted octanol–water partition coefficient (Wildman–Crippen LogP) is 2.71. The molecule has 0 saturated heterocycles. The number of fused-ring (bicyclic) bond motifs is 1. The Hall–Kier alpha value is -1.28. The fourth-order valence-electron chi connectivity index (χ4n) is 1.92. The van der Waals surface area contributed by atoms with Gasteiger partial charge in [-0.15, -0.1) is 0 Å². The van der Waals surface area contributed by atoms with E-state index >= 15 is 0 Å². The van der Waals surface area contributed by atoms with Gasteiger partial charge in [0.1, 0.15) is 0 Å². The minimum absolute atomic E-state index is 1.06. The number of benzene rings is 1. The van der Waals surface area contributed by atoms with Gasteiger partial charge in [0.2, 0.25) is 0 Å². The molecule has 15 heavy (non-hydrogen) atoms. The van der Waals surface area contributed by atoms with Gasteiger partial charge in [0.05, 0.1) is 0 Å². The first-order chi connectivity index (χ1) is 7.42. The largest absolute Gasteiger partial charge is 0.361 e. The van der Waals surface area contributed by atoms with Crippen LogP contribution in [0.4, 0.5) is 0 Å². The van der Waals surface area contributed by atoms with Crippen LogP contribution in [0.5, 0.6) is 0 Å². The second-order valence-electron chi connectivity index (χ2n) is 3.82. The molecular weight excluding hydrogens is 184 g/mol. The van der Waals surface area contributed by atoms with E-state index in [1.165, 1.54) is 22.9 Å². The molecule has 0 amide bonds. The topological polar surface area (TPSA) is 27.8 Å². The highest BCUT2D eigenvalue weighted by Crippen LogP contribution is 2.18.